The maximum absolute atomic E-state index is 13.0. The molecule has 2 amide bonds. The second kappa shape index (κ2) is 6.97. The van der Waals surface area contributed by atoms with E-state index in [-0.39, 0.29) is 11.1 Å². The van der Waals surface area contributed by atoms with Crippen LogP contribution in [0.1, 0.15) is 60.8 Å². The fraction of sp³-hybridized carbons (Fsp3) is 0.526. The van der Waals surface area contributed by atoms with E-state index in [1.807, 2.05) is 13.8 Å². The lowest BCUT2D eigenvalue weighted by Gasteiger charge is -2.14. The van der Waals surface area contributed by atoms with Gasteiger partial charge in [-0.3, -0.25) is 9.67 Å². The molecule has 0 saturated heterocycles. The number of fused-ring (bicyclic) bond motifs is 2. The van der Waals surface area contributed by atoms with E-state index < -0.39 is 15.9 Å². The summed E-state index contributed by atoms with van der Waals surface area (Å²) in [5.41, 5.74) is 5.78. The van der Waals surface area contributed by atoms with Crippen molar-refractivity contribution in [3.05, 3.63) is 34.3 Å². The number of urea groups is 1. The molecular formula is C19H26N6O2S. The summed E-state index contributed by atoms with van der Waals surface area (Å²) in [5, 5.41) is 13.3. The smallest absolute Gasteiger partial charge is 0.305 e. The average Bonchev–Trinajstić information content (AvgIpc) is 3.32. The number of hydrogen-bond acceptors (Lipinski definition) is 4. The van der Waals surface area contributed by atoms with E-state index >= 15 is 0 Å². The predicted octanol–water partition coefficient (Wildman–Crippen LogP) is 3.08. The number of pyridine rings is 1. The van der Waals surface area contributed by atoms with Crippen LogP contribution in [0, 0.1) is 6.92 Å². The summed E-state index contributed by atoms with van der Waals surface area (Å²) in [6.45, 7) is 5.69. The first kappa shape index (κ1) is 19.1. The lowest BCUT2D eigenvalue weighted by molar-refractivity contribution is 0.260. The molecule has 0 aromatic carbocycles. The number of nitrogens with two attached hydrogens (primary N) is 1. The van der Waals surface area contributed by atoms with Gasteiger partial charge in [0.1, 0.15) is 0 Å². The number of nitrogens with one attached hydrogen (secondary N) is 1. The van der Waals surface area contributed by atoms with Crippen molar-refractivity contribution in [3.8, 4) is 0 Å². The largest absolute Gasteiger partial charge is 0.354 e. The van der Waals surface area contributed by atoms with Crippen LogP contribution in [0.4, 0.5) is 10.5 Å². The van der Waals surface area contributed by atoms with Crippen LogP contribution in [0.25, 0.3) is 0 Å². The van der Waals surface area contributed by atoms with E-state index in [1.165, 1.54) is 0 Å². The molecule has 150 valence electrons. The first-order chi connectivity index (χ1) is 13.3. The Kier molecular flexibility index (Phi) is 4.75. The molecule has 0 radical (unpaired) electrons. The van der Waals surface area contributed by atoms with E-state index in [2.05, 4.69) is 14.8 Å². The average molecular weight is 403 g/mol. The molecule has 0 aliphatic heterocycles. The zero-order valence-electron chi connectivity index (χ0n) is 16.5. The number of aryl methyl sites for hydroxylation is 3. The number of amides is 2. The number of hydrogen-bond donors (Lipinski definition) is 2. The summed E-state index contributed by atoms with van der Waals surface area (Å²) in [6.07, 6.45) is 7.48. The Morgan fingerprint density at radius 2 is 1.82 bits per heavy atom. The molecule has 2 heterocycles. The van der Waals surface area contributed by atoms with Crippen LogP contribution in [-0.2, 0) is 35.6 Å². The Hall–Kier alpha value is -2.26. The normalized spacial score (nSPS) is 17.3. The van der Waals surface area contributed by atoms with Crippen LogP contribution in [0.15, 0.2) is 15.6 Å². The van der Waals surface area contributed by atoms with Gasteiger partial charge in [-0.2, -0.15) is 5.10 Å². The summed E-state index contributed by atoms with van der Waals surface area (Å²) >= 11 is 0. The fourth-order valence-corrected chi connectivity index (χ4v) is 5.16. The van der Waals surface area contributed by atoms with Crippen molar-refractivity contribution in [2.24, 2.45) is 9.50 Å². The van der Waals surface area contributed by atoms with Crippen molar-refractivity contribution in [1.82, 2.24) is 14.8 Å². The molecule has 2 aromatic heterocycles. The molecule has 3 N–H and O–H groups in total. The summed E-state index contributed by atoms with van der Waals surface area (Å²) in [7, 11) is -3.44. The molecule has 0 bridgehead atoms. The van der Waals surface area contributed by atoms with Crippen LogP contribution in [-0.4, -0.2) is 25.0 Å². The van der Waals surface area contributed by atoms with Crippen LogP contribution in [0.2, 0.25) is 0 Å². The second-order valence-corrected chi connectivity index (χ2v) is 9.53. The van der Waals surface area contributed by atoms with Crippen molar-refractivity contribution in [2.45, 2.75) is 70.4 Å². The Balaban J connectivity index is 1.68. The minimum atomic E-state index is -3.44. The van der Waals surface area contributed by atoms with Gasteiger partial charge < -0.3 is 5.32 Å². The fourth-order valence-electron chi connectivity index (χ4n) is 4.05. The minimum Gasteiger partial charge on any atom is -0.305 e. The predicted molar refractivity (Wildman–Crippen MR) is 108 cm³/mol. The number of carbonyl (C=O) groups excluding carboxylic acids is 1. The van der Waals surface area contributed by atoms with Gasteiger partial charge in [0.15, 0.2) is 14.9 Å². The van der Waals surface area contributed by atoms with Crippen LogP contribution in [0.3, 0.4) is 0 Å². The molecule has 0 saturated carbocycles. The van der Waals surface area contributed by atoms with Gasteiger partial charge in [0.25, 0.3) is 0 Å². The molecule has 28 heavy (non-hydrogen) atoms. The molecular weight excluding hydrogens is 376 g/mol. The zero-order chi connectivity index (χ0) is 20.1. The topological polar surface area (TPSA) is 115 Å². The summed E-state index contributed by atoms with van der Waals surface area (Å²) in [5.74, 6) is 0. The lowest BCUT2D eigenvalue weighted by Crippen LogP contribution is -2.20. The number of carbonyl (C=O) groups is 1. The summed E-state index contributed by atoms with van der Waals surface area (Å²) in [4.78, 5) is 17.4. The molecule has 8 nitrogen and oxygen atoms in total. The monoisotopic (exact) mass is 402 g/mol. The van der Waals surface area contributed by atoms with Gasteiger partial charge in [0, 0.05) is 29.2 Å². The molecule has 2 aliphatic carbocycles. The van der Waals surface area contributed by atoms with Crippen molar-refractivity contribution < 1.29 is 9.00 Å². The number of anilines is 1. The first-order valence-corrected chi connectivity index (χ1v) is 11.3. The number of nitrogens with zero attached hydrogens (tertiary/aromatic N) is 4. The van der Waals surface area contributed by atoms with E-state index in [9.17, 15) is 9.00 Å². The molecule has 4 rings (SSSR count). The van der Waals surface area contributed by atoms with Crippen LogP contribution >= 0.6 is 0 Å². The highest BCUT2D eigenvalue weighted by Gasteiger charge is 2.27. The van der Waals surface area contributed by atoms with Gasteiger partial charge in [-0.05, 0) is 70.4 Å². The highest BCUT2D eigenvalue weighted by Crippen LogP contribution is 2.36. The third-order valence-electron chi connectivity index (χ3n) is 5.38. The maximum Gasteiger partial charge on any atom is 0.354 e. The molecule has 9 heteroatoms. The maximum atomic E-state index is 13.0. The van der Waals surface area contributed by atoms with Gasteiger partial charge in [0.2, 0.25) is 0 Å². The van der Waals surface area contributed by atoms with Gasteiger partial charge >= 0.3 is 6.03 Å². The van der Waals surface area contributed by atoms with Gasteiger partial charge in [-0.15, -0.1) is 4.36 Å². The Bertz CT molecular complexity index is 1050. The second-order valence-electron chi connectivity index (χ2n) is 7.83. The Labute approximate surface area is 165 Å². The molecule has 1 atom stereocenters. The third-order valence-corrected chi connectivity index (χ3v) is 6.77. The first-order valence-electron chi connectivity index (χ1n) is 9.71. The summed E-state index contributed by atoms with van der Waals surface area (Å²) in [6, 6.07) is -0.598. The zero-order valence-corrected chi connectivity index (χ0v) is 17.3. The van der Waals surface area contributed by atoms with E-state index in [0.717, 1.165) is 66.7 Å². The van der Waals surface area contributed by atoms with E-state index in [4.69, 9.17) is 10.1 Å². The lowest BCUT2D eigenvalue weighted by atomic mass is 10.1. The number of rotatable bonds is 3. The Morgan fingerprint density at radius 3 is 2.36 bits per heavy atom. The molecule has 2 aromatic rings. The van der Waals surface area contributed by atoms with Crippen molar-refractivity contribution >= 4 is 21.6 Å². The quantitative estimate of drug-likeness (QED) is 0.821. The molecule has 0 unspecified atom stereocenters. The highest BCUT2D eigenvalue weighted by molar-refractivity contribution is 7.91. The van der Waals surface area contributed by atoms with Crippen molar-refractivity contribution in [3.63, 3.8) is 0 Å². The van der Waals surface area contributed by atoms with Crippen LogP contribution < -0.4 is 10.5 Å². The van der Waals surface area contributed by atoms with E-state index in [1.54, 1.807) is 17.8 Å². The standard InChI is InChI=1S/C19H26N6O2S/c1-11(2)25-10-12(3)18(23-25)28(20,27)24-19(26)22-17-13-6-4-8-15(13)21-16-9-5-7-14(16)17/h10-11H,4-9H2,1-3H3,(H3,20,21,22,24,26,27)/t28-/m1/s1. The van der Waals surface area contributed by atoms with E-state index in [0.29, 0.717) is 5.56 Å². The summed E-state index contributed by atoms with van der Waals surface area (Å²) < 4.78 is 18.5. The molecule has 0 spiro atoms. The number of aromatic nitrogens is 3. The molecule has 2 aliphatic rings. The minimum absolute atomic E-state index is 0.0958. The van der Waals surface area contributed by atoms with Gasteiger partial charge in [-0.1, -0.05) is 0 Å². The van der Waals surface area contributed by atoms with Gasteiger partial charge in [0.05, 0.1) is 5.69 Å². The third kappa shape index (κ3) is 3.33. The Morgan fingerprint density at radius 1 is 1.21 bits per heavy atom. The molecule has 0 fully saturated rings. The van der Waals surface area contributed by atoms with Crippen molar-refractivity contribution in [1.29, 1.82) is 0 Å². The van der Waals surface area contributed by atoms with Crippen LogP contribution in [0.5, 0.6) is 0 Å². The van der Waals surface area contributed by atoms with Crippen molar-refractivity contribution in [2.75, 3.05) is 5.32 Å². The SMILES string of the molecule is Cc1cn(C(C)C)nc1[S@](N)(=O)=NC(=O)Nc1c2c(nc3c1CCC3)CCC2. The van der Waals surface area contributed by atoms with Gasteiger partial charge in [-0.25, -0.2) is 14.1 Å². The highest BCUT2D eigenvalue weighted by atomic mass is 32.2.